The Morgan fingerprint density at radius 2 is 2.00 bits per heavy atom. The van der Waals surface area contributed by atoms with Gasteiger partial charge in [0.15, 0.2) is 0 Å². The van der Waals surface area contributed by atoms with E-state index in [1.165, 1.54) is 18.2 Å². The Bertz CT molecular complexity index is 168. The van der Waals surface area contributed by atoms with Crippen LogP contribution in [0.25, 0.3) is 0 Å². The third-order valence-corrected chi connectivity index (χ3v) is 0.834. The molecule has 0 radical (unpaired) electrons. The van der Waals surface area contributed by atoms with E-state index in [1.54, 1.807) is 0 Å². The number of allylic oxidation sites excluding steroid dienone is 3. The summed E-state index contributed by atoms with van der Waals surface area (Å²) in [4.78, 5) is 19.7. The molecule has 0 spiro atoms. The molecule has 54 valence electrons. The fraction of sp³-hybridized carbons (Fsp3) is 0.143. The highest BCUT2D eigenvalue weighted by molar-refractivity contribution is 5.74. The first-order chi connectivity index (χ1) is 4.85. The van der Waals surface area contributed by atoms with E-state index in [0.29, 0.717) is 12.6 Å². The third-order valence-electron chi connectivity index (χ3n) is 0.834. The molecule has 0 rings (SSSR count). The molecule has 0 fully saturated rings. The van der Waals surface area contributed by atoms with Crippen LogP contribution < -0.4 is 0 Å². The van der Waals surface area contributed by atoms with Crippen molar-refractivity contribution in [1.29, 1.82) is 0 Å². The molecule has 0 saturated carbocycles. The number of rotatable bonds is 4. The second-order valence-corrected chi connectivity index (χ2v) is 1.54. The number of aldehydes is 2. The summed E-state index contributed by atoms with van der Waals surface area (Å²) in [6.07, 6.45) is 5.14. The van der Waals surface area contributed by atoms with Crippen molar-refractivity contribution < 1.29 is 14.7 Å². The molecule has 0 aliphatic rings. The molecule has 0 aliphatic heterocycles. The van der Waals surface area contributed by atoms with Crippen LogP contribution >= 0.6 is 0 Å². The minimum atomic E-state index is -0.299. The van der Waals surface area contributed by atoms with Crippen molar-refractivity contribution in [3.63, 3.8) is 0 Å². The summed E-state index contributed by atoms with van der Waals surface area (Å²) in [5.41, 5.74) is 0.248. The molecular weight excluding hydrogens is 132 g/mol. The van der Waals surface area contributed by atoms with E-state index in [-0.39, 0.29) is 12.2 Å². The molecule has 0 saturated heterocycles. The van der Waals surface area contributed by atoms with E-state index in [9.17, 15) is 9.59 Å². The lowest BCUT2D eigenvalue weighted by Gasteiger charge is -1.85. The quantitative estimate of drug-likeness (QED) is 0.336. The number of carbonyl (C=O) groups is 2. The molecule has 10 heavy (non-hydrogen) atoms. The highest BCUT2D eigenvalue weighted by Crippen LogP contribution is 1.86. The molecule has 0 bridgehead atoms. The van der Waals surface area contributed by atoms with E-state index in [4.69, 9.17) is 5.11 Å². The lowest BCUT2D eigenvalue weighted by atomic mass is 10.3. The van der Waals surface area contributed by atoms with Gasteiger partial charge in [-0.2, -0.15) is 0 Å². The Morgan fingerprint density at radius 1 is 1.30 bits per heavy atom. The van der Waals surface area contributed by atoms with Crippen LogP contribution in [0.15, 0.2) is 23.8 Å². The van der Waals surface area contributed by atoms with Crippen molar-refractivity contribution in [3.05, 3.63) is 23.8 Å². The van der Waals surface area contributed by atoms with Crippen molar-refractivity contribution >= 4 is 12.6 Å². The molecule has 0 atom stereocenters. The summed E-state index contributed by atoms with van der Waals surface area (Å²) in [5.74, 6) is 0. The largest absolute Gasteiger partial charge is 0.392 e. The van der Waals surface area contributed by atoms with Crippen molar-refractivity contribution in [2.45, 2.75) is 0 Å². The van der Waals surface area contributed by atoms with Gasteiger partial charge in [0, 0.05) is 5.57 Å². The Morgan fingerprint density at radius 3 is 2.40 bits per heavy atom. The number of aliphatic hydroxyl groups excluding tert-OH is 1. The molecule has 3 nitrogen and oxygen atoms in total. The van der Waals surface area contributed by atoms with E-state index in [2.05, 4.69) is 0 Å². The summed E-state index contributed by atoms with van der Waals surface area (Å²) in [6.45, 7) is -0.299. The molecule has 0 amide bonds. The smallest absolute Gasteiger partial charge is 0.148 e. The fourth-order valence-corrected chi connectivity index (χ4v) is 0.354. The third kappa shape index (κ3) is 3.74. The van der Waals surface area contributed by atoms with Crippen LogP contribution in [-0.2, 0) is 9.59 Å². The summed E-state index contributed by atoms with van der Waals surface area (Å²) in [7, 11) is 0. The van der Waals surface area contributed by atoms with E-state index >= 15 is 0 Å². The van der Waals surface area contributed by atoms with E-state index < -0.39 is 0 Å². The zero-order valence-electron chi connectivity index (χ0n) is 5.36. The first-order valence-electron chi connectivity index (χ1n) is 2.72. The lowest BCUT2D eigenvalue weighted by molar-refractivity contribution is -0.105. The Labute approximate surface area is 58.7 Å². The molecule has 0 aromatic rings. The molecule has 0 aliphatic carbocycles. The van der Waals surface area contributed by atoms with Gasteiger partial charge in [0.2, 0.25) is 0 Å². The van der Waals surface area contributed by atoms with Crippen molar-refractivity contribution in [1.82, 2.24) is 0 Å². The molecule has 0 aromatic carbocycles. The van der Waals surface area contributed by atoms with Gasteiger partial charge in [-0.05, 0) is 6.08 Å². The van der Waals surface area contributed by atoms with Crippen molar-refractivity contribution in [3.8, 4) is 0 Å². The normalized spacial score (nSPS) is 11.9. The average Bonchev–Trinajstić information content (AvgIpc) is 1.99. The first kappa shape index (κ1) is 8.78. The maximum atomic E-state index is 9.98. The average molecular weight is 140 g/mol. The number of hydrogen-bond donors (Lipinski definition) is 1. The van der Waals surface area contributed by atoms with Crippen LogP contribution in [0.1, 0.15) is 0 Å². The highest BCUT2D eigenvalue weighted by atomic mass is 16.3. The predicted molar refractivity (Wildman–Crippen MR) is 36.4 cm³/mol. The van der Waals surface area contributed by atoms with Gasteiger partial charge in [0.05, 0.1) is 6.61 Å². The Hall–Kier alpha value is -1.22. The van der Waals surface area contributed by atoms with Crippen LogP contribution in [-0.4, -0.2) is 24.3 Å². The maximum Gasteiger partial charge on any atom is 0.148 e. The first-order valence-corrected chi connectivity index (χ1v) is 2.72. The summed E-state index contributed by atoms with van der Waals surface area (Å²) in [5, 5.41) is 8.40. The van der Waals surface area contributed by atoms with Crippen LogP contribution in [0.3, 0.4) is 0 Å². The van der Waals surface area contributed by atoms with Crippen LogP contribution in [0.4, 0.5) is 0 Å². The standard InChI is InChI=1S/C7H8O3/c8-4-2-1-3-7(5-9)6-10/h1-5,10H,6H2. The molecular formula is C7H8O3. The van der Waals surface area contributed by atoms with Gasteiger partial charge in [-0.25, -0.2) is 0 Å². The van der Waals surface area contributed by atoms with Gasteiger partial charge in [-0.1, -0.05) is 12.2 Å². The molecule has 0 unspecified atom stereocenters. The number of hydrogen-bond acceptors (Lipinski definition) is 3. The molecule has 0 heterocycles. The van der Waals surface area contributed by atoms with Crippen molar-refractivity contribution in [2.24, 2.45) is 0 Å². The zero-order chi connectivity index (χ0) is 7.82. The predicted octanol–water partition coefficient (Wildman–Crippen LogP) is -0.141. The maximum absolute atomic E-state index is 9.98. The topological polar surface area (TPSA) is 54.4 Å². The summed E-state index contributed by atoms with van der Waals surface area (Å²) in [6, 6.07) is 0. The van der Waals surface area contributed by atoms with Crippen LogP contribution in [0.5, 0.6) is 0 Å². The monoisotopic (exact) mass is 140 g/mol. The van der Waals surface area contributed by atoms with E-state index in [0.717, 1.165) is 0 Å². The molecule has 0 aromatic heterocycles. The van der Waals surface area contributed by atoms with Gasteiger partial charge in [0.1, 0.15) is 12.6 Å². The summed E-state index contributed by atoms with van der Waals surface area (Å²) >= 11 is 0. The molecule has 1 N–H and O–H groups in total. The second kappa shape index (κ2) is 5.91. The molecule has 3 heteroatoms. The highest BCUT2D eigenvalue weighted by Gasteiger charge is 1.86. The zero-order valence-corrected chi connectivity index (χ0v) is 5.36. The van der Waals surface area contributed by atoms with Gasteiger partial charge in [0.25, 0.3) is 0 Å². The van der Waals surface area contributed by atoms with Gasteiger partial charge < -0.3 is 5.11 Å². The van der Waals surface area contributed by atoms with Crippen LogP contribution in [0.2, 0.25) is 0 Å². The van der Waals surface area contributed by atoms with Gasteiger partial charge in [-0.15, -0.1) is 0 Å². The fourth-order valence-electron chi connectivity index (χ4n) is 0.354. The minimum absolute atomic E-state index is 0.248. The Kier molecular flexibility index (Phi) is 5.19. The summed E-state index contributed by atoms with van der Waals surface area (Å²) < 4.78 is 0. The van der Waals surface area contributed by atoms with E-state index in [1.807, 2.05) is 0 Å². The SMILES string of the molecule is O=CC=CC=C(C=O)CO. The van der Waals surface area contributed by atoms with Gasteiger partial charge in [-0.3, -0.25) is 9.59 Å². The Balaban J connectivity index is 3.97. The number of aliphatic hydroxyl groups is 1. The van der Waals surface area contributed by atoms with Crippen LogP contribution in [0, 0.1) is 0 Å². The minimum Gasteiger partial charge on any atom is -0.392 e. The van der Waals surface area contributed by atoms with Crippen molar-refractivity contribution in [2.75, 3.05) is 6.61 Å². The number of carbonyl (C=O) groups excluding carboxylic acids is 2. The second-order valence-electron chi connectivity index (χ2n) is 1.54. The lowest BCUT2D eigenvalue weighted by Crippen LogP contribution is -1.89. The van der Waals surface area contributed by atoms with Gasteiger partial charge >= 0.3 is 0 Å².